The molecule has 1 unspecified atom stereocenters. The maximum absolute atomic E-state index is 7.15. The fraction of sp³-hybridized carbons (Fsp3) is 0.400. The highest BCUT2D eigenvalue weighted by atomic mass is 35.5. The van der Waals surface area contributed by atoms with Gasteiger partial charge in [0.25, 0.3) is 0 Å². The first kappa shape index (κ1) is 7.93. The molecule has 0 aliphatic rings. The molecule has 0 aromatic heterocycles. The van der Waals surface area contributed by atoms with Crippen LogP contribution in [-0.2, 0) is 6.42 Å². The molecule has 0 bridgehead atoms. The Hall–Kier alpha value is -0.690. The van der Waals surface area contributed by atoms with Crippen LogP contribution in [0.3, 0.4) is 0 Å². The van der Waals surface area contributed by atoms with Crippen molar-refractivity contribution in [2.75, 3.05) is 13.0 Å². The van der Waals surface area contributed by atoms with Gasteiger partial charge in [0.05, 0.1) is 7.11 Å². The van der Waals surface area contributed by atoms with E-state index in [1.54, 1.807) is 7.11 Å². The van der Waals surface area contributed by atoms with E-state index < -0.39 is 5.86 Å². The molecule has 0 fully saturated rings. The molecule has 0 saturated carbocycles. The Kier molecular flexibility index (Phi) is 3.33. The van der Waals surface area contributed by atoms with Gasteiger partial charge in [-0.3, -0.25) is 0 Å². The van der Waals surface area contributed by atoms with Gasteiger partial charge in [-0.25, -0.2) is 0 Å². The Morgan fingerprint density at radius 3 is 2.58 bits per heavy atom. The Labute approximate surface area is 79.7 Å². The lowest BCUT2D eigenvalue weighted by atomic mass is 10.1. The first-order valence-electron chi connectivity index (χ1n) is 4.49. The molecule has 1 rings (SSSR count). The van der Waals surface area contributed by atoms with Crippen molar-refractivity contribution >= 4 is 11.6 Å². The van der Waals surface area contributed by atoms with Gasteiger partial charge in [-0.2, -0.15) is 0 Å². The minimum Gasteiger partial charge on any atom is -0.497 e. The van der Waals surface area contributed by atoms with Gasteiger partial charge in [0.1, 0.15) is 5.75 Å². The largest absolute Gasteiger partial charge is 0.497 e. The monoisotopic (exact) mass is 185 g/mol. The van der Waals surface area contributed by atoms with Crippen LogP contribution in [0.2, 0.25) is 0 Å². The third kappa shape index (κ3) is 2.74. The van der Waals surface area contributed by atoms with E-state index in [-0.39, 0.29) is 0 Å². The van der Waals surface area contributed by atoms with Crippen molar-refractivity contribution in [2.24, 2.45) is 0 Å². The van der Waals surface area contributed by atoms with Crippen molar-refractivity contribution in [2.45, 2.75) is 12.8 Å². The third-order valence-electron chi connectivity index (χ3n) is 1.70. The molecule has 12 heavy (non-hydrogen) atoms. The van der Waals surface area contributed by atoms with Crippen LogP contribution in [0.5, 0.6) is 5.75 Å². The van der Waals surface area contributed by atoms with Gasteiger partial charge in [-0.1, -0.05) is 12.1 Å². The zero-order valence-electron chi connectivity index (χ0n) is 8.09. The number of hydrogen-bond acceptors (Lipinski definition) is 1. The van der Waals surface area contributed by atoms with Crippen LogP contribution in [-0.4, -0.2) is 13.0 Å². The molecule has 1 nitrogen and oxygen atoms in total. The van der Waals surface area contributed by atoms with Crippen LogP contribution in [0, 0.1) is 0 Å². The summed E-state index contributed by atoms with van der Waals surface area (Å²) in [6.45, 7) is 0. The summed E-state index contributed by atoms with van der Waals surface area (Å²) in [5, 5.41) is 0. The molecule has 66 valence electrons. The number of aryl methyl sites for hydroxylation is 1. The van der Waals surface area contributed by atoms with Gasteiger partial charge in [0.15, 0.2) is 0 Å². The van der Waals surface area contributed by atoms with E-state index in [9.17, 15) is 0 Å². The highest BCUT2D eigenvalue weighted by Gasteiger charge is 1.93. The quantitative estimate of drug-likeness (QED) is 0.656. The first-order valence-corrected chi connectivity index (χ1v) is 4.35. The first-order chi connectivity index (χ1) is 6.22. The standard InChI is InChI=1S/C10H13ClO/c1-12-10-6-4-9(5-7-10)3-2-8-11/h4-7H,2-3,8H2,1H3/i8D. The van der Waals surface area contributed by atoms with E-state index in [1.807, 2.05) is 24.3 Å². The van der Waals surface area contributed by atoms with E-state index in [4.69, 9.17) is 17.7 Å². The lowest BCUT2D eigenvalue weighted by Gasteiger charge is -2.01. The van der Waals surface area contributed by atoms with Gasteiger partial charge in [-0.05, 0) is 30.5 Å². The summed E-state index contributed by atoms with van der Waals surface area (Å²) in [6, 6.07) is 7.83. The lowest BCUT2D eigenvalue weighted by Crippen LogP contribution is -1.87. The smallest absolute Gasteiger partial charge is 0.118 e. The Bertz CT molecular complexity index is 246. The fourth-order valence-corrected chi connectivity index (χ4v) is 1.12. The summed E-state index contributed by atoms with van der Waals surface area (Å²) in [5.41, 5.74) is 1.19. The molecule has 0 aliphatic carbocycles. The Balaban J connectivity index is 2.49. The molecule has 1 aromatic rings. The summed E-state index contributed by atoms with van der Waals surface area (Å²) in [4.78, 5) is 0. The van der Waals surface area contributed by atoms with E-state index in [1.165, 1.54) is 5.56 Å². The van der Waals surface area contributed by atoms with Crippen molar-refractivity contribution in [3.63, 3.8) is 0 Å². The number of hydrogen-bond donors (Lipinski definition) is 0. The van der Waals surface area contributed by atoms with Gasteiger partial charge in [-0.15, -0.1) is 11.6 Å². The Morgan fingerprint density at radius 1 is 1.42 bits per heavy atom. The summed E-state index contributed by atoms with van der Waals surface area (Å²) >= 11 is 5.53. The topological polar surface area (TPSA) is 9.23 Å². The van der Waals surface area contributed by atoms with Crippen LogP contribution in [0.25, 0.3) is 0 Å². The number of ether oxygens (including phenoxy) is 1. The van der Waals surface area contributed by atoms with Crippen molar-refractivity contribution in [3.8, 4) is 5.75 Å². The maximum atomic E-state index is 7.15. The van der Waals surface area contributed by atoms with E-state index in [0.717, 1.165) is 12.2 Å². The van der Waals surface area contributed by atoms with Crippen molar-refractivity contribution < 1.29 is 6.11 Å². The number of methoxy groups -OCH3 is 1. The van der Waals surface area contributed by atoms with Gasteiger partial charge in [0.2, 0.25) is 0 Å². The van der Waals surface area contributed by atoms with Crippen molar-refractivity contribution in [1.29, 1.82) is 0 Å². The van der Waals surface area contributed by atoms with E-state index >= 15 is 0 Å². The molecule has 0 spiro atoms. The number of alkyl halides is 1. The second-order valence-corrected chi connectivity index (χ2v) is 2.85. The maximum Gasteiger partial charge on any atom is 0.118 e. The normalized spacial score (nSPS) is 13.7. The summed E-state index contributed by atoms with van der Waals surface area (Å²) in [6.07, 6.45) is 1.54. The molecular weight excluding hydrogens is 172 g/mol. The van der Waals surface area contributed by atoms with Crippen LogP contribution in [0.1, 0.15) is 13.4 Å². The molecule has 0 N–H and O–H groups in total. The summed E-state index contributed by atoms with van der Waals surface area (Å²) in [7, 11) is 1.65. The summed E-state index contributed by atoms with van der Waals surface area (Å²) in [5.74, 6) is 0.360. The average molecular weight is 186 g/mol. The highest BCUT2D eigenvalue weighted by Crippen LogP contribution is 2.12. The van der Waals surface area contributed by atoms with Crippen LogP contribution < -0.4 is 4.74 Å². The lowest BCUT2D eigenvalue weighted by molar-refractivity contribution is 0.414. The van der Waals surface area contributed by atoms with Crippen LogP contribution in [0.15, 0.2) is 24.3 Å². The van der Waals surface area contributed by atoms with Gasteiger partial charge in [0, 0.05) is 7.23 Å². The molecule has 1 aromatic carbocycles. The molecular formula is C10H13ClO. The van der Waals surface area contributed by atoms with Crippen LogP contribution in [0.4, 0.5) is 0 Å². The minimum atomic E-state index is -0.498. The molecule has 0 radical (unpaired) electrons. The predicted octanol–water partition coefficient (Wildman–Crippen LogP) is 2.87. The predicted molar refractivity (Wildman–Crippen MR) is 52.0 cm³/mol. The third-order valence-corrected chi connectivity index (χ3v) is 1.92. The van der Waals surface area contributed by atoms with Gasteiger partial charge >= 0.3 is 0 Å². The van der Waals surface area contributed by atoms with Gasteiger partial charge < -0.3 is 4.74 Å². The summed E-state index contributed by atoms with van der Waals surface area (Å²) < 4.78 is 12.2. The molecule has 0 heterocycles. The second-order valence-electron chi connectivity index (χ2n) is 2.54. The van der Waals surface area contributed by atoms with E-state index in [0.29, 0.717) is 6.42 Å². The number of halogens is 1. The van der Waals surface area contributed by atoms with Crippen molar-refractivity contribution in [3.05, 3.63) is 29.8 Å². The van der Waals surface area contributed by atoms with E-state index in [2.05, 4.69) is 0 Å². The molecule has 0 saturated heterocycles. The molecule has 2 heteroatoms. The highest BCUT2D eigenvalue weighted by molar-refractivity contribution is 6.17. The Morgan fingerprint density at radius 2 is 2.08 bits per heavy atom. The zero-order chi connectivity index (χ0) is 9.68. The molecule has 1 atom stereocenters. The zero-order valence-corrected chi connectivity index (χ0v) is 7.84. The molecule has 0 aliphatic heterocycles. The number of benzene rings is 1. The fourth-order valence-electron chi connectivity index (χ4n) is 1.01. The second kappa shape index (κ2) is 5.04. The number of rotatable bonds is 4. The average Bonchev–Trinajstić information content (AvgIpc) is 2.15. The van der Waals surface area contributed by atoms with Crippen LogP contribution >= 0.6 is 11.6 Å². The van der Waals surface area contributed by atoms with Crippen molar-refractivity contribution in [1.82, 2.24) is 0 Å². The molecule has 0 amide bonds. The minimum absolute atomic E-state index is 0.498. The SMILES string of the molecule is [2H]C(Cl)CCc1ccc(OC)cc1.